The summed E-state index contributed by atoms with van der Waals surface area (Å²) in [6.45, 7) is 3.31. The summed E-state index contributed by atoms with van der Waals surface area (Å²) in [5.41, 5.74) is 3.63. The number of ether oxygens (including phenoxy) is 1. The van der Waals surface area contributed by atoms with E-state index in [1.165, 1.54) is 4.31 Å². The Morgan fingerprint density at radius 3 is 2.76 bits per heavy atom. The molecule has 2 N–H and O–H groups in total. The number of benzene rings is 2. The van der Waals surface area contributed by atoms with E-state index in [1.807, 2.05) is 31.2 Å². The van der Waals surface area contributed by atoms with Crippen LogP contribution >= 0.6 is 0 Å². The number of anilines is 2. The van der Waals surface area contributed by atoms with Gasteiger partial charge in [-0.2, -0.15) is 4.31 Å². The number of aromatic amines is 1. The molecule has 3 heterocycles. The molecule has 5 rings (SSSR count). The van der Waals surface area contributed by atoms with Crippen LogP contribution in [0.5, 0.6) is 0 Å². The normalized spacial score (nSPS) is 15.2. The number of rotatable bonds is 6. The molecule has 1 aliphatic rings. The van der Waals surface area contributed by atoms with Crippen LogP contribution in [0.2, 0.25) is 0 Å². The lowest BCUT2D eigenvalue weighted by Gasteiger charge is -2.26. The molecule has 8 nitrogen and oxygen atoms in total. The molecule has 0 aliphatic carbocycles. The van der Waals surface area contributed by atoms with Crippen LogP contribution in [0.1, 0.15) is 23.7 Å². The maximum atomic E-state index is 13.2. The molecule has 2 aromatic carbocycles. The molecule has 0 saturated carbocycles. The van der Waals surface area contributed by atoms with Gasteiger partial charge in [0, 0.05) is 47.9 Å². The average Bonchev–Trinajstić information content (AvgIpc) is 3.23. The van der Waals surface area contributed by atoms with E-state index in [4.69, 9.17) is 4.74 Å². The van der Waals surface area contributed by atoms with Crippen LogP contribution in [0.25, 0.3) is 21.9 Å². The second-order valence-corrected chi connectivity index (χ2v) is 9.85. The Bertz CT molecular complexity index is 1460. The van der Waals surface area contributed by atoms with Gasteiger partial charge in [0.05, 0.1) is 29.2 Å². The number of H-pyrrole nitrogens is 1. The molecular weight excluding hydrogens is 440 g/mol. The number of Topliss-reactive ketones (excluding diaryl/α,β-unsaturated/α-hetero) is 1. The van der Waals surface area contributed by atoms with Crippen LogP contribution in [0.3, 0.4) is 0 Å². The molecule has 0 atom stereocenters. The van der Waals surface area contributed by atoms with Crippen molar-refractivity contribution in [2.75, 3.05) is 31.6 Å². The van der Waals surface area contributed by atoms with Gasteiger partial charge < -0.3 is 15.0 Å². The van der Waals surface area contributed by atoms with Crippen LogP contribution in [-0.2, 0) is 14.8 Å². The Morgan fingerprint density at radius 2 is 1.97 bits per heavy atom. The van der Waals surface area contributed by atoms with Crippen molar-refractivity contribution in [2.45, 2.75) is 18.2 Å². The predicted octanol–water partition coefficient (Wildman–Crippen LogP) is 4.07. The largest absolute Gasteiger partial charge is 0.379 e. The van der Waals surface area contributed by atoms with Crippen LogP contribution in [0.15, 0.2) is 59.6 Å². The third kappa shape index (κ3) is 3.99. The zero-order valence-electron chi connectivity index (χ0n) is 18.2. The summed E-state index contributed by atoms with van der Waals surface area (Å²) in [4.78, 5) is 20.1. The zero-order chi connectivity index (χ0) is 23.0. The number of aromatic nitrogens is 2. The molecule has 0 radical (unpaired) electrons. The van der Waals surface area contributed by atoms with Gasteiger partial charge in [0.15, 0.2) is 5.78 Å². The molecule has 4 aromatic rings. The van der Waals surface area contributed by atoms with E-state index in [0.717, 1.165) is 27.7 Å². The van der Waals surface area contributed by atoms with Crippen molar-refractivity contribution in [1.29, 1.82) is 0 Å². The summed E-state index contributed by atoms with van der Waals surface area (Å²) >= 11 is 0. The quantitative estimate of drug-likeness (QED) is 0.417. The fourth-order valence-corrected chi connectivity index (χ4v) is 5.56. The highest BCUT2D eigenvalue weighted by Crippen LogP contribution is 2.34. The molecule has 1 saturated heterocycles. The van der Waals surface area contributed by atoms with Gasteiger partial charge in [-0.3, -0.25) is 4.79 Å². The number of fused-ring (bicyclic) bond motifs is 3. The number of nitrogens with one attached hydrogen (secondary N) is 2. The van der Waals surface area contributed by atoms with Gasteiger partial charge in [0.25, 0.3) is 0 Å². The number of carbonyl (C=O) groups is 1. The van der Waals surface area contributed by atoms with Gasteiger partial charge in [0.2, 0.25) is 10.0 Å². The van der Waals surface area contributed by atoms with Crippen molar-refractivity contribution in [3.05, 3.63) is 60.3 Å². The molecule has 0 unspecified atom stereocenters. The Balaban J connectivity index is 1.59. The highest BCUT2D eigenvalue weighted by Gasteiger charge is 2.27. The minimum atomic E-state index is -3.63. The fourth-order valence-electron chi connectivity index (χ4n) is 4.13. The first-order valence-electron chi connectivity index (χ1n) is 10.9. The van der Waals surface area contributed by atoms with Gasteiger partial charge in [-0.05, 0) is 36.4 Å². The van der Waals surface area contributed by atoms with E-state index in [-0.39, 0.29) is 10.7 Å². The van der Waals surface area contributed by atoms with Crippen molar-refractivity contribution in [3.8, 4) is 0 Å². The average molecular weight is 465 g/mol. The van der Waals surface area contributed by atoms with E-state index >= 15 is 0 Å². The van der Waals surface area contributed by atoms with Crippen LogP contribution in [0.4, 0.5) is 11.4 Å². The Kier molecular flexibility index (Phi) is 5.61. The number of sulfonamides is 1. The Morgan fingerprint density at radius 1 is 1.15 bits per heavy atom. The second-order valence-electron chi connectivity index (χ2n) is 7.91. The Hall–Kier alpha value is -3.27. The number of pyridine rings is 1. The van der Waals surface area contributed by atoms with Gasteiger partial charge in [-0.15, -0.1) is 0 Å². The first-order chi connectivity index (χ1) is 16.0. The van der Waals surface area contributed by atoms with E-state index in [9.17, 15) is 13.2 Å². The highest BCUT2D eigenvalue weighted by atomic mass is 32.2. The first-order valence-corrected chi connectivity index (χ1v) is 12.3. The molecule has 0 bridgehead atoms. The monoisotopic (exact) mass is 464 g/mol. The van der Waals surface area contributed by atoms with Gasteiger partial charge in [-0.25, -0.2) is 13.4 Å². The fraction of sp³-hybridized carbons (Fsp3) is 0.250. The van der Waals surface area contributed by atoms with Crippen molar-refractivity contribution in [1.82, 2.24) is 14.3 Å². The maximum Gasteiger partial charge on any atom is 0.243 e. The second kappa shape index (κ2) is 8.58. The molecule has 2 aromatic heterocycles. The summed E-state index contributed by atoms with van der Waals surface area (Å²) in [5.74, 6) is 0.0728. The van der Waals surface area contributed by atoms with Crippen LogP contribution < -0.4 is 5.32 Å². The first kappa shape index (κ1) is 21.6. The van der Waals surface area contributed by atoms with E-state index < -0.39 is 10.0 Å². The topological polar surface area (TPSA) is 104 Å². The molecular formula is C24H24N4O4S. The minimum Gasteiger partial charge on any atom is -0.379 e. The number of hydrogen-bond donors (Lipinski definition) is 2. The standard InChI is InChI=1S/C24H24N4O4S/c1-2-22(29)16-4-3-5-17(14-16)26-21-8-9-25-24-23(21)19-15-18(6-7-20(19)27-24)33(30,31)28-10-12-32-13-11-28/h3-9,14-15H,2,10-13H2,1H3,(H2,25,26,27). The van der Waals surface area contributed by atoms with E-state index in [0.29, 0.717) is 43.9 Å². The SMILES string of the molecule is CCC(=O)c1cccc(Nc2ccnc3[nH]c4ccc(S(=O)(=O)N5CCOCC5)cc4c23)c1. The third-order valence-electron chi connectivity index (χ3n) is 5.86. The third-order valence-corrected chi connectivity index (χ3v) is 7.75. The lowest BCUT2D eigenvalue weighted by Crippen LogP contribution is -2.40. The van der Waals surface area contributed by atoms with Crippen molar-refractivity contribution in [3.63, 3.8) is 0 Å². The number of morpholine rings is 1. The zero-order valence-corrected chi connectivity index (χ0v) is 19.0. The minimum absolute atomic E-state index is 0.0728. The summed E-state index contributed by atoms with van der Waals surface area (Å²) in [5, 5.41) is 4.93. The van der Waals surface area contributed by atoms with Gasteiger partial charge in [-0.1, -0.05) is 19.1 Å². The highest BCUT2D eigenvalue weighted by molar-refractivity contribution is 7.89. The number of ketones is 1. The smallest absolute Gasteiger partial charge is 0.243 e. The van der Waals surface area contributed by atoms with Gasteiger partial charge >= 0.3 is 0 Å². The number of nitrogens with zero attached hydrogens (tertiary/aromatic N) is 2. The molecule has 1 fully saturated rings. The summed E-state index contributed by atoms with van der Waals surface area (Å²) in [7, 11) is -3.63. The molecule has 9 heteroatoms. The Labute approximate surface area is 191 Å². The number of hydrogen-bond acceptors (Lipinski definition) is 6. The van der Waals surface area contributed by atoms with Crippen LogP contribution in [-0.4, -0.2) is 54.8 Å². The summed E-state index contributed by atoms with van der Waals surface area (Å²) in [6, 6.07) is 14.3. The molecule has 0 spiro atoms. The maximum absolute atomic E-state index is 13.2. The summed E-state index contributed by atoms with van der Waals surface area (Å²) < 4.78 is 33.1. The lowest BCUT2D eigenvalue weighted by molar-refractivity contribution is 0.0730. The van der Waals surface area contributed by atoms with Crippen LogP contribution in [0, 0.1) is 0 Å². The molecule has 1 aliphatic heterocycles. The van der Waals surface area contributed by atoms with Crippen molar-refractivity contribution < 1.29 is 17.9 Å². The van der Waals surface area contributed by atoms with E-state index in [2.05, 4.69) is 15.3 Å². The lowest BCUT2D eigenvalue weighted by atomic mass is 10.1. The van der Waals surface area contributed by atoms with Crippen molar-refractivity contribution in [2.24, 2.45) is 0 Å². The number of carbonyl (C=O) groups excluding carboxylic acids is 1. The summed E-state index contributed by atoms with van der Waals surface area (Å²) in [6.07, 6.45) is 2.12. The van der Waals surface area contributed by atoms with Gasteiger partial charge in [0.1, 0.15) is 5.65 Å². The molecule has 0 amide bonds. The molecule has 33 heavy (non-hydrogen) atoms. The molecule has 170 valence electrons. The van der Waals surface area contributed by atoms with Crippen molar-refractivity contribution >= 4 is 49.1 Å². The van der Waals surface area contributed by atoms with E-state index in [1.54, 1.807) is 30.5 Å². The predicted molar refractivity (Wildman–Crippen MR) is 128 cm³/mol.